The molecule has 1 aliphatic heterocycles. The van der Waals surface area contributed by atoms with Crippen molar-refractivity contribution < 1.29 is 14.6 Å². The van der Waals surface area contributed by atoms with Crippen molar-refractivity contribution in [2.24, 2.45) is 0 Å². The highest BCUT2D eigenvalue weighted by Gasteiger charge is 2.25. The van der Waals surface area contributed by atoms with Gasteiger partial charge in [-0.25, -0.2) is 0 Å². The highest BCUT2D eigenvalue weighted by atomic mass is 35.5. The molecule has 1 heterocycles. The Bertz CT molecular complexity index is 675. The molecule has 26 heavy (non-hydrogen) atoms. The fraction of sp³-hybridized carbons (Fsp3) is 0.381. The van der Waals surface area contributed by atoms with Gasteiger partial charge in [0.25, 0.3) is 0 Å². The maximum Gasteiger partial charge on any atom is 0.304 e. The van der Waals surface area contributed by atoms with Gasteiger partial charge in [-0.1, -0.05) is 42.5 Å². The summed E-state index contributed by atoms with van der Waals surface area (Å²) in [6, 6.07) is 19.0. The Morgan fingerprint density at radius 2 is 1.77 bits per heavy atom. The van der Waals surface area contributed by atoms with Crippen LogP contribution in [-0.4, -0.2) is 41.7 Å². The van der Waals surface area contributed by atoms with Gasteiger partial charge in [0.15, 0.2) is 0 Å². The fourth-order valence-corrected chi connectivity index (χ4v) is 3.35. The summed E-state index contributed by atoms with van der Waals surface area (Å²) in [5, 5.41) is 8.84. The van der Waals surface area contributed by atoms with E-state index in [0.29, 0.717) is 19.2 Å². The Hall–Kier alpha value is -2.04. The summed E-state index contributed by atoms with van der Waals surface area (Å²) in [6.45, 7) is 2.20. The molecule has 0 saturated carbocycles. The van der Waals surface area contributed by atoms with Crippen molar-refractivity contribution in [2.75, 3.05) is 19.7 Å². The molecule has 5 heteroatoms. The maximum atomic E-state index is 10.7. The first kappa shape index (κ1) is 20.3. The third kappa shape index (κ3) is 6.04. The van der Waals surface area contributed by atoms with Crippen LogP contribution in [0.15, 0.2) is 54.6 Å². The van der Waals surface area contributed by atoms with Crippen LogP contribution < -0.4 is 4.74 Å². The Morgan fingerprint density at radius 1 is 1.08 bits per heavy atom. The number of carbonyl (C=O) groups is 1. The number of rotatable bonds is 8. The zero-order chi connectivity index (χ0) is 17.5. The number of aliphatic carboxylic acids is 1. The van der Waals surface area contributed by atoms with E-state index >= 15 is 0 Å². The number of carboxylic acids is 1. The van der Waals surface area contributed by atoms with Gasteiger partial charge in [0.05, 0.1) is 6.42 Å². The topological polar surface area (TPSA) is 49.8 Å². The van der Waals surface area contributed by atoms with E-state index in [0.717, 1.165) is 31.6 Å². The summed E-state index contributed by atoms with van der Waals surface area (Å²) in [7, 11) is 0. The summed E-state index contributed by atoms with van der Waals surface area (Å²) >= 11 is 0. The molecule has 140 valence electrons. The molecule has 2 aromatic carbocycles. The molecule has 1 atom stereocenters. The van der Waals surface area contributed by atoms with Crippen LogP contribution in [0.3, 0.4) is 0 Å². The summed E-state index contributed by atoms with van der Waals surface area (Å²) in [4.78, 5) is 13.0. The van der Waals surface area contributed by atoms with Gasteiger partial charge in [-0.2, -0.15) is 0 Å². The molecule has 0 amide bonds. The van der Waals surface area contributed by atoms with Gasteiger partial charge in [-0.3, -0.25) is 9.69 Å². The first-order valence-electron chi connectivity index (χ1n) is 8.92. The van der Waals surface area contributed by atoms with Crippen molar-refractivity contribution in [3.63, 3.8) is 0 Å². The lowest BCUT2D eigenvalue weighted by Gasteiger charge is -2.23. The Balaban J connectivity index is 0.00000243. The number of carboxylic acid groups (broad SMARTS) is 1. The van der Waals surface area contributed by atoms with Gasteiger partial charge in [-0.05, 0) is 49.1 Å². The monoisotopic (exact) mass is 375 g/mol. The molecule has 1 saturated heterocycles. The molecule has 0 radical (unpaired) electrons. The van der Waals surface area contributed by atoms with Gasteiger partial charge >= 0.3 is 5.97 Å². The van der Waals surface area contributed by atoms with E-state index in [1.54, 1.807) is 0 Å². The minimum absolute atomic E-state index is 0. The molecule has 4 nitrogen and oxygen atoms in total. The highest BCUT2D eigenvalue weighted by molar-refractivity contribution is 5.85. The van der Waals surface area contributed by atoms with Crippen LogP contribution in [-0.2, 0) is 11.2 Å². The number of benzene rings is 2. The second kappa shape index (κ2) is 10.2. The van der Waals surface area contributed by atoms with E-state index in [1.165, 1.54) is 11.1 Å². The molecule has 0 spiro atoms. The zero-order valence-electron chi connectivity index (χ0n) is 14.8. The van der Waals surface area contributed by atoms with Crippen LogP contribution in [0.5, 0.6) is 5.75 Å². The smallest absolute Gasteiger partial charge is 0.304 e. The summed E-state index contributed by atoms with van der Waals surface area (Å²) < 4.78 is 5.94. The molecule has 1 N–H and O–H groups in total. The van der Waals surface area contributed by atoms with Crippen molar-refractivity contribution in [1.29, 1.82) is 0 Å². The number of likely N-dealkylation sites (tertiary alicyclic amines) is 1. The summed E-state index contributed by atoms with van der Waals surface area (Å²) in [5.74, 6) is 0.141. The number of halogens is 1. The SMILES string of the molecule is Cl.O=C(O)CCN1CCC[C@H]1COc1ccc(Cc2ccccc2)cc1. The van der Waals surface area contributed by atoms with Crippen LogP contribution in [0.4, 0.5) is 0 Å². The molecule has 2 aromatic rings. The lowest BCUT2D eigenvalue weighted by Crippen LogP contribution is -2.35. The standard InChI is InChI=1S/C21H25NO3.ClH/c23-21(24)12-14-22-13-4-7-19(22)16-25-20-10-8-18(9-11-20)15-17-5-2-1-3-6-17;/h1-3,5-6,8-11,19H,4,7,12-16H2,(H,23,24);1H/t19-;/m0./s1. The van der Waals surface area contributed by atoms with Crippen molar-refractivity contribution in [3.05, 3.63) is 65.7 Å². The zero-order valence-corrected chi connectivity index (χ0v) is 15.7. The average Bonchev–Trinajstić information content (AvgIpc) is 3.08. The van der Waals surface area contributed by atoms with E-state index in [1.807, 2.05) is 18.2 Å². The fourth-order valence-electron chi connectivity index (χ4n) is 3.35. The Morgan fingerprint density at radius 3 is 2.46 bits per heavy atom. The lowest BCUT2D eigenvalue weighted by molar-refractivity contribution is -0.137. The predicted octanol–water partition coefficient (Wildman–Crippen LogP) is 4.02. The maximum absolute atomic E-state index is 10.7. The molecular weight excluding hydrogens is 350 g/mol. The number of nitrogens with zero attached hydrogens (tertiary/aromatic N) is 1. The Labute approximate surface area is 161 Å². The molecular formula is C21H26ClNO3. The van der Waals surface area contributed by atoms with E-state index in [-0.39, 0.29) is 18.8 Å². The van der Waals surface area contributed by atoms with E-state index in [2.05, 4.69) is 41.3 Å². The quantitative estimate of drug-likeness (QED) is 0.757. The highest BCUT2D eigenvalue weighted by Crippen LogP contribution is 2.20. The molecule has 1 fully saturated rings. The van der Waals surface area contributed by atoms with Crippen LogP contribution in [0.2, 0.25) is 0 Å². The minimum Gasteiger partial charge on any atom is -0.492 e. The average molecular weight is 376 g/mol. The van der Waals surface area contributed by atoms with E-state index < -0.39 is 5.97 Å². The number of ether oxygens (including phenoxy) is 1. The second-order valence-corrected chi connectivity index (χ2v) is 6.59. The van der Waals surface area contributed by atoms with Crippen LogP contribution in [0.25, 0.3) is 0 Å². The Kier molecular flexibility index (Phi) is 7.95. The summed E-state index contributed by atoms with van der Waals surface area (Å²) in [6.07, 6.45) is 3.31. The van der Waals surface area contributed by atoms with Crippen molar-refractivity contribution in [2.45, 2.75) is 31.7 Å². The molecule has 0 aromatic heterocycles. The third-order valence-electron chi connectivity index (χ3n) is 4.73. The molecule has 0 unspecified atom stereocenters. The second-order valence-electron chi connectivity index (χ2n) is 6.59. The molecule has 0 bridgehead atoms. The summed E-state index contributed by atoms with van der Waals surface area (Å²) in [5.41, 5.74) is 2.57. The van der Waals surface area contributed by atoms with Gasteiger partial charge in [0, 0.05) is 12.6 Å². The van der Waals surface area contributed by atoms with E-state index in [4.69, 9.17) is 9.84 Å². The van der Waals surface area contributed by atoms with Gasteiger partial charge in [0.2, 0.25) is 0 Å². The third-order valence-corrected chi connectivity index (χ3v) is 4.73. The molecule has 0 aliphatic carbocycles. The first-order valence-corrected chi connectivity index (χ1v) is 8.92. The number of hydrogen-bond acceptors (Lipinski definition) is 3. The van der Waals surface area contributed by atoms with Crippen molar-refractivity contribution in [1.82, 2.24) is 4.90 Å². The molecule has 1 aliphatic rings. The van der Waals surface area contributed by atoms with Crippen LogP contribution >= 0.6 is 12.4 Å². The minimum atomic E-state index is -0.736. The molecule has 3 rings (SSSR count). The van der Waals surface area contributed by atoms with Crippen LogP contribution in [0.1, 0.15) is 30.4 Å². The predicted molar refractivity (Wildman–Crippen MR) is 105 cm³/mol. The first-order chi connectivity index (χ1) is 12.2. The van der Waals surface area contributed by atoms with Gasteiger partial charge in [0.1, 0.15) is 12.4 Å². The van der Waals surface area contributed by atoms with Crippen LogP contribution in [0, 0.1) is 0 Å². The van der Waals surface area contributed by atoms with Crippen molar-refractivity contribution >= 4 is 18.4 Å². The van der Waals surface area contributed by atoms with Gasteiger partial charge < -0.3 is 9.84 Å². The van der Waals surface area contributed by atoms with Crippen molar-refractivity contribution in [3.8, 4) is 5.75 Å². The normalized spacial score (nSPS) is 16.8. The number of hydrogen-bond donors (Lipinski definition) is 1. The van der Waals surface area contributed by atoms with E-state index in [9.17, 15) is 4.79 Å². The lowest BCUT2D eigenvalue weighted by atomic mass is 10.1. The van der Waals surface area contributed by atoms with Gasteiger partial charge in [-0.15, -0.1) is 12.4 Å². The largest absolute Gasteiger partial charge is 0.492 e.